The summed E-state index contributed by atoms with van der Waals surface area (Å²) in [6, 6.07) is 9.08. The molecule has 0 aliphatic heterocycles. The Balaban J connectivity index is 2.63. The molecule has 0 saturated carbocycles. The zero-order valence-corrected chi connectivity index (χ0v) is 11.9. The first-order valence-corrected chi connectivity index (χ1v) is 6.78. The predicted octanol–water partition coefficient (Wildman–Crippen LogP) is 2.37. The molecule has 0 spiro atoms. The third-order valence-corrected chi connectivity index (χ3v) is 2.58. The lowest BCUT2D eigenvalue weighted by Gasteiger charge is -2.18. The lowest BCUT2D eigenvalue weighted by atomic mass is 10.1. The molecule has 0 aromatic heterocycles. The standard InChI is InChI=1S/C15H21NO4/c1-3-19-14(17)10-13(11-15(18)20-4-2)16-12-8-6-5-7-9-12/h5-9,13,16H,3-4,10-11H2,1-2H3. The molecular weight excluding hydrogens is 258 g/mol. The highest BCUT2D eigenvalue weighted by Gasteiger charge is 2.19. The van der Waals surface area contributed by atoms with Crippen molar-refractivity contribution in [1.82, 2.24) is 0 Å². The zero-order valence-electron chi connectivity index (χ0n) is 11.9. The van der Waals surface area contributed by atoms with Crippen molar-refractivity contribution in [3.8, 4) is 0 Å². The molecule has 0 aliphatic carbocycles. The molecule has 0 aliphatic rings. The van der Waals surface area contributed by atoms with Crippen LogP contribution in [0, 0.1) is 0 Å². The SMILES string of the molecule is CCOC(=O)CC(CC(=O)OCC)Nc1ccccc1. The maximum atomic E-state index is 11.6. The van der Waals surface area contributed by atoms with Crippen molar-refractivity contribution >= 4 is 17.6 Å². The number of benzene rings is 1. The Labute approximate surface area is 119 Å². The Bertz CT molecular complexity index is 399. The van der Waals surface area contributed by atoms with E-state index >= 15 is 0 Å². The molecule has 5 nitrogen and oxygen atoms in total. The fraction of sp³-hybridized carbons (Fsp3) is 0.467. The predicted molar refractivity (Wildman–Crippen MR) is 76.4 cm³/mol. The highest BCUT2D eigenvalue weighted by atomic mass is 16.5. The number of para-hydroxylation sites is 1. The molecule has 0 bridgehead atoms. The van der Waals surface area contributed by atoms with Crippen LogP contribution in [-0.4, -0.2) is 31.2 Å². The van der Waals surface area contributed by atoms with Crippen molar-refractivity contribution in [3.63, 3.8) is 0 Å². The zero-order chi connectivity index (χ0) is 14.8. The second-order valence-corrected chi connectivity index (χ2v) is 4.23. The van der Waals surface area contributed by atoms with Gasteiger partial charge in [0.2, 0.25) is 0 Å². The third-order valence-electron chi connectivity index (χ3n) is 2.58. The molecule has 20 heavy (non-hydrogen) atoms. The largest absolute Gasteiger partial charge is 0.466 e. The van der Waals surface area contributed by atoms with E-state index in [2.05, 4.69) is 5.32 Å². The van der Waals surface area contributed by atoms with Crippen molar-refractivity contribution in [2.75, 3.05) is 18.5 Å². The summed E-state index contributed by atoms with van der Waals surface area (Å²) in [6.07, 6.45) is 0.253. The topological polar surface area (TPSA) is 64.6 Å². The first kappa shape index (κ1) is 16.0. The smallest absolute Gasteiger partial charge is 0.307 e. The average Bonchev–Trinajstić information content (AvgIpc) is 2.40. The van der Waals surface area contributed by atoms with Crippen LogP contribution < -0.4 is 5.32 Å². The Morgan fingerprint density at radius 2 is 1.50 bits per heavy atom. The number of nitrogens with one attached hydrogen (secondary N) is 1. The van der Waals surface area contributed by atoms with E-state index < -0.39 is 0 Å². The van der Waals surface area contributed by atoms with E-state index in [1.165, 1.54) is 0 Å². The quantitative estimate of drug-likeness (QED) is 0.740. The van der Waals surface area contributed by atoms with Crippen molar-refractivity contribution < 1.29 is 19.1 Å². The molecule has 0 saturated heterocycles. The summed E-state index contributed by atoms with van der Waals surface area (Å²) in [5.74, 6) is -0.657. The first-order valence-electron chi connectivity index (χ1n) is 6.78. The summed E-state index contributed by atoms with van der Waals surface area (Å²) < 4.78 is 9.84. The van der Waals surface area contributed by atoms with Gasteiger partial charge in [-0.2, -0.15) is 0 Å². The van der Waals surface area contributed by atoms with E-state index in [9.17, 15) is 9.59 Å². The van der Waals surface area contributed by atoms with E-state index in [1.54, 1.807) is 13.8 Å². The molecule has 1 N–H and O–H groups in total. The third kappa shape index (κ3) is 6.22. The Kier molecular flexibility index (Phi) is 7.17. The molecule has 110 valence electrons. The normalized spacial score (nSPS) is 10.2. The van der Waals surface area contributed by atoms with Crippen LogP contribution in [0.15, 0.2) is 30.3 Å². The average molecular weight is 279 g/mol. The monoisotopic (exact) mass is 279 g/mol. The van der Waals surface area contributed by atoms with E-state index in [4.69, 9.17) is 9.47 Å². The number of rotatable bonds is 8. The molecule has 1 rings (SSSR count). The molecule has 1 aromatic carbocycles. The molecule has 0 unspecified atom stereocenters. The van der Waals surface area contributed by atoms with Gasteiger partial charge in [0.05, 0.1) is 26.1 Å². The van der Waals surface area contributed by atoms with Gasteiger partial charge in [-0.15, -0.1) is 0 Å². The van der Waals surface area contributed by atoms with Gasteiger partial charge in [-0.05, 0) is 26.0 Å². The molecule has 0 fully saturated rings. The van der Waals surface area contributed by atoms with Gasteiger partial charge >= 0.3 is 11.9 Å². The minimum absolute atomic E-state index is 0.127. The Morgan fingerprint density at radius 3 is 1.95 bits per heavy atom. The minimum Gasteiger partial charge on any atom is -0.466 e. The Hall–Kier alpha value is -2.04. The molecule has 5 heteroatoms. The lowest BCUT2D eigenvalue weighted by Crippen LogP contribution is -2.28. The molecule has 0 heterocycles. The van der Waals surface area contributed by atoms with Gasteiger partial charge in [-0.1, -0.05) is 18.2 Å². The number of carbonyl (C=O) groups is 2. The summed E-state index contributed by atoms with van der Waals surface area (Å²) in [7, 11) is 0. The van der Waals surface area contributed by atoms with Gasteiger partial charge in [0.15, 0.2) is 0 Å². The van der Waals surface area contributed by atoms with Gasteiger partial charge in [-0.3, -0.25) is 9.59 Å². The number of anilines is 1. The van der Waals surface area contributed by atoms with E-state index in [-0.39, 0.29) is 30.8 Å². The lowest BCUT2D eigenvalue weighted by molar-refractivity contribution is -0.145. The fourth-order valence-corrected chi connectivity index (χ4v) is 1.79. The van der Waals surface area contributed by atoms with Crippen molar-refractivity contribution in [2.45, 2.75) is 32.7 Å². The molecule has 0 amide bonds. The van der Waals surface area contributed by atoms with Gasteiger partial charge in [0, 0.05) is 11.7 Å². The Morgan fingerprint density at radius 1 is 1.00 bits per heavy atom. The second kappa shape index (κ2) is 8.96. The highest BCUT2D eigenvalue weighted by Crippen LogP contribution is 2.12. The first-order chi connectivity index (χ1) is 9.65. The van der Waals surface area contributed by atoms with E-state index in [0.29, 0.717) is 13.2 Å². The maximum absolute atomic E-state index is 11.6. The maximum Gasteiger partial charge on any atom is 0.307 e. The van der Waals surface area contributed by atoms with Crippen LogP contribution in [0.2, 0.25) is 0 Å². The number of hydrogen-bond acceptors (Lipinski definition) is 5. The van der Waals surface area contributed by atoms with Crippen molar-refractivity contribution in [2.24, 2.45) is 0 Å². The fourth-order valence-electron chi connectivity index (χ4n) is 1.79. The van der Waals surface area contributed by atoms with Gasteiger partial charge < -0.3 is 14.8 Å². The van der Waals surface area contributed by atoms with Gasteiger partial charge in [-0.25, -0.2) is 0 Å². The minimum atomic E-state index is -0.338. The van der Waals surface area contributed by atoms with Gasteiger partial charge in [0.25, 0.3) is 0 Å². The summed E-state index contributed by atoms with van der Waals surface area (Å²) in [6.45, 7) is 4.17. The molecular formula is C15H21NO4. The van der Waals surface area contributed by atoms with Crippen LogP contribution in [0.3, 0.4) is 0 Å². The van der Waals surface area contributed by atoms with Crippen molar-refractivity contribution in [1.29, 1.82) is 0 Å². The van der Waals surface area contributed by atoms with Gasteiger partial charge in [0.1, 0.15) is 0 Å². The van der Waals surface area contributed by atoms with Crippen LogP contribution in [0.1, 0.15) is 26.7 Å². The van der Waals surface area contributed by atoms with Crippen LogP contribution in [-0.2, 0) is 19.1 Å². The van der Waals surface area contributed by atoms with E-state index in [0.717, 1.165) is 5.69 Å². The van der Waals surface area contributed by atoms with Crippen molar-refractivity contribution in [3.05, 3.63) is 30.3 Å². The number of ether oxygens (including phenoxy) is 2. The summed E-state index contributed by atoms with van der Waals surface area (Å²) in [5, 5.41) is 3.16. The number of carbonyl (C=O) groups excluding carboxylic acids is 2. The molecule has 0 radical (unpaired) electrons. The molecule has 0 atom stereocenters. The molecule has 1 aromatic rings. The summed E-state index contributed by atoms with van der Waals surface area (Å²) >= 11 is 0. The summed E-state index contributed by atoms with van der Waals surface area (Å²) in [4.78, 5) is 23.1. The van der Waals surface area contributed by atoms with E-state index in [1.807, 2.05) is 30.3 Å². The van der Waals surface area contributed by atoms with Crippen LogP contribution in [0.4, 0.5) is 5.69 Å². The second-order valence-electron chi connectivity index (χ2n) is 4.23. The number of esters is 2. The van der Waals surface area contributed by atoms with Crippen LogP contribution in [0.5, 0.6) is 0 Å². The van der Waals surface area contributed by atoms with Crippen LogP contribution >= 0.6 is 0 Å². The van der Waals surface area contributed by atoms with Crippen LogP contribution in [0.25, 0.3) is 0 Å². The summed E-state index contributed by atoms with van der Waals surface area (Å²) in [5.41, 5.74) is 0.853. The number of hydrogen-bond donors (Lipinski definition) is 1. The highest BCUT2D eigenvalue weighted by molar-refractivity contribution is 5.75.